The molecule has 0 radical (unpaired) electrons. The van der Waals surface area contributed by atoms with Gasteiger partial charge in [0.2, 0.25) is 0 Å². The molecular weight excluding hydrogens is 348 g/mol. The van der Waals surface area contributed by atoms with Crippen molar-refractivity contribution in [1.82, 2.24) is 10.6 Å². The van der Waals surface area contributed by atoms with Crippen LogP contribution in [0, 0.1) is 6.92 Å². The Balaban J connectivity index is 0.00000243. The van der Waals surface area contributed by atoms with Crippen LogP contribution in [0.25, 0.3) is 11.1 Å². The first kappa shape index (κ1) is 20.4. The largest absolute Gasteiger partial charge is 0.368 e. The first-order valence-electron chi connectivity index (χ1n) is 8.83. The molecule has 1 saturated heterocycles. The number of nitrogens with one attached hydrogen (secondary N) is 2. The van der Waals surface area contributed by atoms with Gasteiger partial charge in [-0.3, -0.25) is 4.79 Å². The summed E-state index contributed by atoms with van der Waals surface area (Å²) in [4.78, 5) is 12.6. The minimum atomic E-state index is -0.688. The lowest BCUT2D eigenvalue weighted by atomic mass is 9.91. The average molecular weight is 375 g/mol. The molecule has 1 fully saturated rings. The van der Waals surface area contributed by atoms with Crippen molar-refractivity contribution in [3.05, 3.63) is 59.7 Å². The Bertz CT molecular complexity index is 725. The number of aryl methyl sites for hydroxylation is 1. The van der Waals surface area contributed by atoms with E-state index in [9.17, 15) is 4.79 Å². The third-order valence-corrected chi connectivity index (χ3v) is 4.97. The number of carbonyl (C=O) groups is 1. The van der Waals surface area contributed by atoms with Crippen LogP contribution < -0.4 is 10.6 Å². The molecule has 1 amide bonds. The van der Waals surface area contributed by atoms with E-state index < -0.39 is 5.60 Å². The number of carbonyl (C=O) groups excluding carboxylic acids is 1. The molecule has 0 atom stereocenters. The number of halogens is 1. The van der Waals surface area contributed by atoms with Crippen LogP contribution in [0.15, 0.2) is 48.5 Å². The van der Waals surface area contributed by atoms with Gasteiger partial charge in [0.05, 0.1) is 0 Å². The summed E-state index contributed by atoms with van der Waals surface area (Å²) < 4.78 is 5.57. The van der Waals surface area contributed by atoms with Crippen molar-refractivity contribution < 1.29 is 9.53 Å². The second kappa shape index (κ2) is 9.17. The zero-order chi connectivity index (χ0) is 17.7. The molecule has 1 aliphatic rings. The molecule has 2 aromatic carbocycles. The van der Waals surface area contributed by atoms with Crippen molar-refractivity contribution in [2.24, 2.45) is 0 Å². The first-order valence-corrected chi connectivity index (χ1v) is 8.83. The van der Waals surface area contributed by atoms with Gasteiger partial charge >= 0.3 is 0 Å². The fourth-order valence-corrected chi connectivity index (χ4v) is 3.34. The van der Waals surface area contributed by atoms with Crippen LogP contribution in [0.3, 0.4) is 0 Å². The average Bonchev–Trinajstić information content (AvgIpc) is 2.67. The van der Waals surface area contributed by atoms with Crippen molar-refractivity contribution in [3.63, 3.8) is 0 Å². The van der Waals surface area contributed by atoms with Gasteiger partial charge in [-0.05, 0) is 49.5 Å². The van der Waals surface area contributed by atoms with Gasteiger partial charge in [0, 0.05) is 13.7 Å². The molecule has 1 heterocycles. The van der Waals surface area contributed by atoms with Gasteiger partial charge in [-0.15, -0.1) is 12.4 Å². The molecule has 0 bridgehead atoms. The first-order chi connectivity index (χ1) is 12.1. The molecule has 0 aliphatic carbocycles. The van der Waals surface area contributed by atoms with E-state index in [2.05, 4.69) is 66.1 Å². The topological polar surface area (TPSA) is 50.4 Å². The second-order valence-corrected chi connectivity index (χ2v) is 6.70. The minimum absolute atomic E-state index is 0. The highest BCUT2D eigenvalue weighted by atomic mass is 35.5. The summed E-state index contributed by atoms with van der Waals surface area (Å²) in [6.45, 7) is 4.24. The van der Waals surface area contributed by atoms with Crippen molar-refractivity contribution in [2.75, 3.05) is 20.2 Å². The van der Waals surface area contributed by atoms with Gasteiger partial charge in [-0.1, -0.05) is 54.1 Å². The third-order valence-electron chi connectivity index (χ3n) is 4.97. The Labute approximate surface area is 161 Å². The summed E-state index contributed by atoms with van der Waals surface area (Å²) in [5.74, 6) is -0.0146. The van der Waals surface area contributed by atoms with Crippen LogP contribution >= 0.6 is 12.4 Å². The highest BCUT2D eigenvalue weighted by molar-refractivity contribution is 5.85. The molecule has 2 aromatic rings. The van der Waals surface area contributed by atoms with Crippen LogP contribution in [0.5, 0.6) is 0 Å². The van der Waals surface area contributed by atoms with E-state index >= 15 is 0 Å². The fourth-order valence-electron chi connectivity index (χ4n) is 3.34. The van der Waals surface area contributed by atoms with Gasteiger partial charge in [-0.2, -0.15) is 0 Å². The molecule has 3 rings (SSSR count). The van der Waals surface area contributed by atoms with Gasteiger partial charge < -0.3 is 15.4 Å². The van der Waals surface area contributed by atoms with E-state index in [4.69, 9.17) is 4.74 Å². The highest BCUT2D eigenvalue weighted by Gasteiger charge is 2.39. The molecule has 0 unspecified atom stereocenters. The zero-order valence-electron chi connectivity index (χ0n) is 15.4. The van der Waals surface area contributed by atoms with Gasteiger partial charge in [-0.25, -0.2) is 0 Å². The maximum atomic E-state index is 12.6. The smallest absolute Gasteiger partial charge is 0.252 e. The Morgan fingerprint density at radius 1 is 1.12 bits per heavy atom. The monoisotopic (exact) mass is 374 g/mol. The van der Waals surface area contributed by atoms with E-state index in [0.717, 1.165) is 18.7 Å². The molecule has 2 N–H and O–H groups in total. The fraction of sp³-hybridized carbons (Fsp3) is 0.381. The molecule has 0 aromatic heterocycles. The summed E-state index contributed by atoms with van der Waals surface area (Å²) in [5, 5.41) is 6.31. The van der Waals surface area contributed by atoms with Crippen molar-refractivity contribution in [3.8, 4) is 11.1 Å². The van der Waals surface area contributed by atoms with Crippen LogP contribution in [0.4, 0.5) is 0 Å². The Morgan fingerprint density at radius 2 is 1.81 bits per heavy atom. The number of hydrogen-bond donors (Lipinski definition) is 2. The van der Waals surface area contributed by atoms with E-state index in [1.54, 1.807) is 7.11 Å². The third kappa shape index (κ3) is 4.64. The van der Waals surface area contributed by atoms with E-state index in [0.29, 0.717) is 19.4 Å². The Kier molecular flexibility index (Phi) is 7.21. The lowest BCUT2D eigenvalue weighted by molar-refractivity contribution is -0.146. The number of methoxy groups -OCH3 is 1. The SMILES string of the molecule is COC1(C(=O)NCc2ccc(-c3cccc(C)c3)cc2)CCNCC1.Cl. The molecular formula is C21H27ClN2O2. The molecule has 140 valence electrons. The molecule has 0 spiro atoms. The summed E-state index contributed by atoms with van der Waals surface area (Å²) in [6.07, 6.45) is 1.42. The summed E-state index contributed by atoms with van der Waals surface area (Å²) in [6, 6.07) is 16.8. The lowest BCUT2D eigenvalue weighted by Crippen LogP contribution is -2.53. The number of benzene rings is 2. The predicted molar refractivity (Wildman–Crippen MR) is 108 cm³/mol. The van der Waals surface area contributed by atoms with E-state index in [-0.39, 0.29) is 18.3 Å². The number of piperidine rings is 1. The number of amides is 1. The molecule has 1 aliphatic heterocycles. The second-order valence-electron chi connectivity index (χ2n) is 6.70. The van der Waals surface area contributed by atoms with Gasteiger partial charge in [0.25, 0.3) is 5.91 Å². The van der Waals surface area contributed by atoms with Gasteiger partial charge in [0.15, 0.2) is 0 Å². The van der Waals surface area contributed by atoms with Crippen LogP contribution in [0.1, 0.15) is 24.0 Å². The Morgan fingerprint density at radius 3 is 2.42 bits per heavy atom. The maximum absolute atomic E-state index is 12.6. The van der Waals surface area contributed by atoms with Crippen LogP contribution in [-0.2, 0) is 16.1 Å². The Hall–Kier alpha value is -1.88. The summed E-state index contributed by atoms with van der Waals surface area (Å²) in [5.41, 5.74) is 4.05. The zero-order valence-corrected chi connectivity index (χ0v) is 16.2. The predicted octanol–water partition coefficient (Wildman–Crippen LogP) is 3.47. The van der Waals surface area contributed by atoms with E-state index in [1.165, 1.54) is 16.7 Å². The molecule has 4 nitrogen and oxygen atoms in total. The maximum Gasteiger partial charge on any atom is 0.252 e. The number of hydrogen-bond acceptors (Lipinski definition) is 3. The quantitative estimate of drug-likeness (QED) is 0.842. The van der Waals surface area contributed by atoms with Crippen LogP contribution in [-0.4, -0.2) is 31.7 Å². The van der Waals surface area contributed by atoms with Crippen molar-refractivity contribution in [1.29, 1.82) is 0 Å². The van der Waals surface area contributed by atoms with Crippen molar-refractivity contribution in [2.45, 2.75) is 31.9 Å². The summed E-state index contributed by atoms with van der Waals surface area (Å²) >= 11 is 0. The lowest BCUT2D eigenvalue weighted by Gasteiger charge is -2.34. The molecule has 26 heavy (non-hydrogen) atoms. The van der Waals surface area contributed by atoms with Crippen molar-refractivity contribution >= 4 is 18.3 Å². The van der Waals surface area contributed by atoms with Gasteiger partial charge in [0.1, 0.15) is 5.60 Å². The summed E-state index contributed by atoms with van der Waals surface area (Å²) in [7, 11) is 1.63. The van der Waals surface area contributed by atoms with E-state index in [1.807, 2.05) is 0 Å². The molecule has 0 saturated carbocycles. The highest BCUT2D eigenvalue weighted by Crippen LogP contribution is 2.23. The normalized spacial score (nSPS) is 15.8. The minimum Gasteiger partial charge on any atom is -0.368 e. The van der Waals surface area contributed by atoms with Crippen LogP contribution in [0.2, 0.25) is 0 Å². The molecule has 5 heteroatoms. The number of ether oxygens (including phenoxy) is 1. The standard InChI is InChI=1S/C21H26N2O2.ClH/c1-16-4-3-5-19(14-16)18-8-6-17(7-9-18)15-23-20(24)21(25-2)10-12-22-13-11-21;/h3-9,14,22H,10-13,15H2,1-2H3,(H,23,24);1H. The number of rotatable bonds is 5.